The smallest absolute Gasteiger partial charge is 0.312 e. The third-order valence-electron chi connectivity index (χ3n) is 4.42. The first kappa shape index (κ1) is 18.9. The molecular formula is C14H28N2O4. The van der Waals surface area contributed by atoms with Crippen molar-refractivity contribution in [1.82, 2.24) is 9.80 Å². The maximum atomic E-state index is 12.0. The van der Waals surface area contributed by atoms with Crippen molar-refractivity contribution < 1.29 is 19.8 Å². The van der Waals surface area contributed by atoms with Crippen LogP contribution in [-0.2, 0) is 9.59 Å². The molecule has 0 saturated carbocycles. The van der Waals surface area contributed by atoms with Gasteiger partial charge < -0.3 is 20.0 Å². The molecule has 0 amide bonds. The Morgan fingerprint density at radius 3 is 1.65 bits per heavy atom. The van der Waals surface area contributed by atoms with Crippen LogP contribution in [0.5, 0.6) is 0 Å². The molecule has 6 heteroatoms. The molecule has 2 N–H and O–H groups in total. The second-order valence-corrected chi connectivity index (χ2v) is 5.87. The van der Waals surface area contributed by atoms with E-state index >= 15 is 0 Å². The summed E-state index contributed by atoms with van der Waals surface area (Å²) in [5, 5.41) is 18.6. The summed E-state index contributed by atoms with van der Waals surface area (Å²) < 4.78 is 0. The minimum Gasteiger partial charge on any atom is -0.481 e. The lowest BCUT2D eigenvalue weighted by Gasteiger charge is -2.45. The third-order valence-corrected chi connectivity index (χ3v) is 4.42. The van der Waals surface area contributed by atoms with Crippen LogP contribution in [0.3, 0.4) is 0 Å². The molecule has 0 bridgehead atoms. The number of carboxylic acid groups (broad SMARTS) is 2. The molecule has 0 aromatic heterocycles. The molecule has 0 aromatic carbocycles. The Bertz CT molecular complexity index is 328. The van der Waals surface area contributed by atoms with E-state index < -0.39 is 17.4 Å². The van der Waals surface area contributed by atoms with Crippen LogP contribution in [0.1, 0.15) is 33.1 Å². The Balaban J connectivity index is 5.45. The average Bonchev–Trinajstić information content (AvgIpc) is 2.32. The number of aliphatic carboxylic acids is 2. The fourth-order valence-electron chi connectivity index (χ4n) is 2.68. The van der Waals surface area contributed by atoms with Crippen LogP contribution in [0.4, 0.5) is 0 Å². The lowest BCUT2D eigenvalue weighted by molar-refractivity contribution is -0.159. The van der Waals surface area contributed by atoms with Crippen LogP contribution in [-0.4, -0.2) is 72.2 Å². The van der Waals surface area contributed by atoms with Crippen molar-refractivity contribution in [2.24, 2.45) is 5.41 Å². The van der Waals surface area contributed by atoms with Crippen molar-refractivity contribution in [2.45, 2.75) is 45.2 Å². The van der Waals surface area contributed by atoms with Gasteiger partial charge in [-0.3, -0.25) is 9.59 Å². The first-order valence-corrected chi connectivity index (χ1v) is 6.85. The van der Waals surface area contributed by atoms with Gasteiger partial charge in [-0.25, -0.2) is 0 Å². The largest absolute Gasteiger partial charge is 0.481 e. The lowest BCUT2D eigenvalue weighted by Crippen LogP contribution is -2.58. The summed E-state index contributed by atoms with van der Waals surface area (Å²) in [4.78, 5) is 26.5. The molecule has 0 rings (SSSR count). The molecule has 2 atom stereocenters. The third kappa shape index (κ3) is 4.18. The summed E-state index contributed by atoms with van der Waals surface area (Å²) in [6.45, 7) is 3.77. The van der Waals surface area contributed by atoms with Crippen LogP contribution in [0.15, 0.2) is 0 Å². The Morgan fingerprint density at radius 2 is 1.40 bits per heavy atom. The number of carboxylic acids is 2. The van der Waals surface area contributed by atoms with Crippen molar-refractivity contribution in [2.75, 3.05) is 28.2 Å². The Morgan fingerprint density at radius 1 is 1.00 bits per heavy atom. The highest BCUT2D eigenvalue weighted by Crippen LogP contribution is 2.37. The van der Waals surface area contributed by atoms with Gasteiger partial charge in [-0.05, 0) is 54.9 Å². The van der Waals surface area contributed by atoms with Crippen molar-refractivity contribution >= 4 is 11.9 Å². The zero-order chi connectivity index (χ0) is 16.1. The highest BCUT2D eigenvalue weighted by molar-refractivity contribution is 5.77. The van der Waals surface area contributed by atoms with Crippen LogP contribution >= 0.6 is 0 Å². The summed E-state index contributed by atoms with van der Waals surface area (Å²) in [5.41, 5.74) is -0.998. The van der Waals surface area contributed by atoms with Gasteiger partial charge in [0.2, 0.25) is 0 Å². The predicted octanol–water partition coefficient (Wildman–Crippen LogP) is 1.21. The summed E-state index contributed by atoms with van der Waals surface area (Å²) >= 11 is 0. The van der Waals surface area contributed by atoms with Gasteiger partial charge in [-0.15, -0.1) is 0 Å². The maximum absolute atomic E-state index is 12.0. The summed E-state index contributed by atoms with van der Waals surface area (Å²) in [5.74, 6) is -1.76. The lowest BCUT2D eigenvalue weighted by atomic mass is 9.70. The van der Waals surface area contributed by atoms with Gasteiger partial charge >= 0.3 is 11.9 Å². The second kappa shape index (κ2) is 7.59. The SMILES string of the molecule is CC(N(C)C)C(CCCC(=O)O)(C(=O)O)C(C)N(C)C. The first-order valence-electron chi connectivity index (χ1n) is 6.85. The fraction of sp³-hybridized carbons (Fsp3) is 0.857. The van der Waals surface area contributed by atoms with E-state index in [-0.39, 0.29) is 18.5 Å². The van der Waals surface area contributed by atoms with E-state index in [9.17, 15) is 14.7 Å². The molecule has 20 heavy (non-hydrogen) atoms. The molecule has 0 radical (unpaired) electrons. The number of hydrogen-bond donors (Lipinski definition) is 2. The number of rotatable bonds is 9. The highest BCUT2D eigenvalue weighted by Gasteiger charge is 2.49. The summed E-state index contributed by atoms with van der Waals surface area (Å²) in [6, 6.07) is -0.405. The Kier molecular flexibility index (Phi) is 7.16. The standard InChI is InChI=1S/C14H28N2O4/c1-10(15(3)4)14(13(19)20,11(2)16(5)6)9-7-8-12(17)18/h10-11H,7-9H2,1-6H3,(H,17,18)(H,19,20). The molecule has 0 spiro atoms. The molecule has 0 saturated heterocycles. The molecule has 0 fully saturated rings. The van der Waals surface area contributed by atoms with Gasteiger partial charge in [-0.2, -0.15) is 0 Å². The zero-order valence-electron chi connectivity index (χ0n) is 13.4. The van der Waals surface area contributed by atoms with Gasteiger partial charge in [0.15, 0.2) is 0 Å². The van der Waals surface area contributed by atoms with E-state index in [2.05, 4.69) is 0 Å². The molecule has 2 unspecified atom stereocenters. The number of nitrogens with zero attached hydrogens (tertiary/aromatic N) is 2. The van der Waals surface area contributed by atoms with Crippen molar-refractivity contribution in [3.05, 3.63) is 0 Å². The van der Waals surface area contributed by atoms with Crippen LogP contribution in [0.2, 0.25) is 0 Å². The Hall–Kier alpha value is -1.14. The van der Waals surface area contributed by atoms with Gasteiger partial charge in [-0.1, -0.05) is 0 Å². The Labute approximate surface area is 121 Å². The van der Waals surface area contributed by atoms with E-state index in [4.69, 9.17) is 5.11 Å². The molecule has 0 aliphatic heterocycles. The van der Waals surface area contributed by atoms with Gasteiger partial charge in [0.05, 0.1) is 5.41 Å². The first-order chi connectivity index (χ1) is 9.07. The molecule has 0 aliphatic rings. The van der Waals surface area contributed by atoms with Gasteiger partial charge in [0.25, 0.3) is 0 Å². The average molecular weight is 288 g/mol. The van der Waals surface area contributed by atoms with Crippen LogP contribution in [0, 0.1) is 5.41 Å². The molecule has 0 aromatic rings. The summed E-state index contributed by atoms with van der Waals surface area (Å²) in [6.07, 6.45) is 0.695. The highest BCUT2D eigenvalue weighted by atomic mass is 16.4. The monoisotopic (exact) mass is 288 g/mol. The van der Waals surface area contributed by atoms with Crippen LogP contribution in [0.25, 0.3) is 0 Å². The summed E-state index contributed by atoms with van der Waals surface area (Å²) in [7, 11) is 7.40. The molecule has 6 nitrogen and oxygen atoms in total. The maximum Gasteiger partial charge on any atom is 0.312 e. The van der Waals surface area contributed by atoms with E-state index in [0.29, 0.717) is 12.8 Å². The van der Waals surface area contributed by atoms with E-state index in [1.165, 1.54) is 0 Å². The fourth-order valence-corrected chi connectivity index (χ4v) is 2.68. The molecule has 118 valence electrons. The van der Waals surface area contributed by atoms with Crippen molar-refractivity contribution in [3.8, 4) is 0 Å². The second-order valence-electron chi connectivity index (χ2n) is 5.87. The molecular weight excluding hydrogens is 260 g/mol. The topological polar surface area (TPSA) is 81.1 Å². The zero-order valence-corrected chi connectivity index (χ0v) is 13.4. The van der Waals surface area contributed by atoms with Gasteiger partial charge in [0.1, 0.15) is 0 Å². The molecule has 0 heterocycles. The minimum atomic E-state index is -0.998. The van der Waals surface area contributed by atoms with Crippen LogP contribution < -0.4 is 0 Å². The predicted molar refractivity (Wildman–Crippen MR) is 77.9 cm³/mol. The van der Waals surface area contributed by atoms with E-state index in [0.717, 1.165) is 0 Å². The van der Waals surface area contributed by atoms with E-state index in [1.54, 1.807) is 0 Å². The quantitative estimate of drug-likeness (QED) is 0.664. The minimum absolute atomic E-state index is 0.00464. The molecule has 0 aliphatic carbocycles. The number of carbonyl (C=O) groups is 2. The normalized spacial score (nSPS) is 17.8. The van der Waals surface area contributed by atoms with Crippen molar-refractivity contribution in [1.29, 1.82) is 0 Å². The van der Waals surface area contributed by atoms with Crippen molar-refractivity contribution in [3.63, 3.8) is 0 Å². The van der Waals surface area contributed by atoms with E-state index in [1.807, 2.05) is 51.8 Å². The number of hydrogen-bond acceptors (Lipinski definition) is 4. The van der Waals surface area contributed by atoms with Gasteiger partial charge in [0, 0.05) is 18.5 Å².